The third-order valence-corrected chi connectivity index (χ3v) is 2.70. The number of hydrogen-bond donors (Lipinski definition) is 2. The van der Waals surface area contributed by atoms with Crippen LogP contribution in [0.3, 0.4) is 0 Å². The van der Waals surface area contributed by atoms with Crippen LogP contribution in [0.25, 0.3) is 0 Å². The summed E-state index contributed by atoms with van der Waals surface area (Å²) >= 11 is 0. The van der Waals surface area contributed by atoms with Crippen LogP contribution in [0.15, 0.2) is 42.6 Å². The average molecular weight is 239 g/mol. The number of aromatic nitrogens is 1. The van der Waals surface area contributed by atoms with E-state index in [1.165, 1.54) is 0 Å². The molecule has 2 rings (SSSR count). The van der Waals surface area contributed by atoms with Gasteiger partial charge in [-0.15, -0.1) is 0 Å². The van der Waals surface area contributed by atoms with Crippen LogP contribution < -0.4 is 5.73 Å². The number of pyridine rings is 1. The smallest absolute Gasteiger partial charge is 0.123 e. The van der Waals surface area contributed by atoms with E-state index in [1.807, 2.05) is 12.1 Å². The summed E-state index contributed by atoms with van der Waals surface area (Å²) in [6.07, 6.45) is 1.48. The Hall–Kier alpha value is -2.38. The first-order valence-corrected chi connectivity index (χ1v) is 5.57. The van der Waals surface area contributed by atoms with Crippen molar-refractivity contribution in [2.24, 2.45) is 0 Å². The van der Waals surface area contributed by atoms with Gasteiger partial charge in [0.05, 0.1) is 17.7 Å². The van der Waals surface area contributed by atoms with E-state index in [9.17, 15) is 5.11 Å². The molecule has 0 radical (unpaired) electrons. The molecule has 1 heterocycles. The van der Waals surface area contributed by atoms with Gasteiger partial charge >= 0.3 is 0 Å². The van der Waals surface area contributed by atoms with E-state index in [-0.39, 0.29) is 0 Å². The molecular formula is C14H13N3O. The van der Waals surface area contributed by atoms with Gasteiger partial charge in [-0.05, 0) is 35.4 Å². The molecule has 90 valence electrons. The molecule has 0 aliphatic heterocycles. The molecule has 0 amide bonds. The van der Waals surface area contributed by atoms with Gasteiger partial charge in [-0.2, -0.15) is 5.26 Å². The van der Waals surface area contributed by atoms with E-state index in [0.29, 0.717) is 17.8 Å². The Kier molecular flexibility index (Phi) is 3.56. The minimum atomic E-state index is -0.612. The fourth-order valence-electron chi connectivity index (χ4n) is 1.74. The van der Waals surface area contributed by atoms with Gasteiger partial charge in [0.15, 0.2) is 0 Å². The topological polar surface area (TPSA) is 82.9 Å². The van der Waals surface area contributed by atoms with Crippen molar-refractivity contribution in [3.05, 3.63) is 59.3 Å². The Bertz CT molecular complexity index is 572. The summed E-state index contributed by atoms with van der Waals surface area (Å²) in [6.45, 7) is 0. The lowest BCUT2D eigenvalue weighted by atomic mass is 10.0. The van der Waals surface area contributed by atoms with Crippen LogP contribution in [0.4, 0.5) is 5.82 Å². The number of aliphatic hydroxyl groups is 1. The lowest BCUT2D eigenvalue weighted by Crippen LogP contribution is -2.02. The number of hydrogen-bond acceptors (Lipinski definition) is 4. The van der Waals surface area contributed by atoms with Gasteiger partial charge in [0.1, 0.15) is 5.82 Å². The molecule has 0 aliphatic rings. The van der Waals surface area contributed by atoms with Crippen molar-refractivity contribution in [2.45, 2.75) is 12.5 Å². The lowest BCUT2D eigenvalue weighted by molar-refractivity contribution is 0.178. The van der Waals surface area contributed by atoms with Gasteiger partial charge in [-0.3, -0.25) is 0 Å². The maximum Gasteiger partial charge on any atom is 0.123 e. The summed E-state index contributed by atoms with van der Waals surface area (Å²) in [5, 5.41) is 18.8. The van der Waals surface area contributed by atoms with E-state index in [4.69, 9.17) is 11.0 Å². The molecule has 0 aliphatic carbocycles. The van der Waals surface area contributed by atoms with Crippen molar-refractivity contribution in [2.75, 3.05) is 5.73 Å². The molecule has 2 aromatic rings. The molecule has 0 saturated carbocycles. The molecule has 4 nitrogen and oxygen atoms in total. The van der Waals surface area contributed by atoms with Crippen LogP contribution in [0, 0.1) is 11.3 Å². The monoisotopic (exact) mass is 239 g/mol. The summed E-state index contributed by atoms with van der Waals surface area (Å²) in [5.74, 6) is 0.444. The maximum atomic E-state index is 10.1. The quantitative estimate of drug-likeness (QED) is 0.855. The lowest BCUT2D eigenvalue weighted by Gasteiger charge is -2.11. The Balaban J connectivity index is 2.12. The predicted octanol–water partition coefficient (Wildman–Crippen LogP) is 1.81. The van der Waals surface area contributed by atoms with Crippen LogP contribution in [0.5, 0.6) is 0 Å². The number of nitrogens with two attached hydrogens (primary N) is 1. The van der Waals surface area contributed by atoms with Crippen LogP contribution in [0.1, 0.15) is 22.8 Å². The molecular weight excluding hydrogens is 226 g/mol. The third kappa shape index (κ3) is 2.84. The molecule has 1 aromatic heterocycles. The molecule has 0 saturated heterocycles. The standard InChI is InChI=1S/C14H13N3O/c15-9-10-1-3-12(4-2-10)13(18)7-11-5-6-17-14(16)8-11/h1-6,8,13,18H,7H2,(H2,16,17). The summed E-state index contributed by atoms with van der Waals surface area (Å²) < 4.78 is 0. The number of nitrogen functional groups attached to an aromatic ring is 1. The number of aliphatic hydroxyl groups excluding tert-OH is 1. The number of nitriles is 1. The van der Waals surface area contributed by atoms with Gasteiger partial charge in [0, 0.05) is 12.6 Å². The van der Waals surface area contributed by atoms with Crippen molar-refractivity contribution in [3.8, 4) is 6.07 Å². The minimum Gasteiger partial charge on any atom is -0.388 e. The highest BCUT2D eigenvalue weighted by Crippen LogP contribution is 2.19. The zero-order valence-electron chi connectivity index (χ0n) is 9.74. The van der Waals surface area contributed by atoms with Crippen LogP contribution >= 0.6 is 0 Å². The Labute approximate surface area is 105 Å². The van der Waals surface area contributed by atoms with Crippen molar-refractivity contribution in [1.82, 2.24) is 4.98 Å². The zero-order valence-corrected chi connectivity index (χ0v) is 9.74. The van der Waals surface area contributed by atoms with Crippen molar-refractivity contribution >= 4 is 5.82 Å². The fourth-order valence-corrected chi connectivity index (χ4v) is 1.74. The predicted molar refractivity (Wildman–Crippen MR) is 68.5 cm³/mol. The van der Waals surface area contributed by atoms with E-state index < -0.39 is 6.10 Å². The molecule has 3 N–H and O–H groups in total. The van der Waals surface area contributed by atoms with Gasteiger partial charge in [-0.25, -0.2) is 4.98 Å². The summed E-state index contributed by atoms with van der Waals surface area (Å²) in [4.78, 5) is 3.90. The molecule has 0 fully saturated rings. The van der Waals surface area contributed by atoms with Gasteiger partial charge in [0.25, 0.3) is 0 Å². The molecule has 18 heavy (non-hydrogen) atoms. The Morgan fingerprint density at radius 1 is 1.28 bits per heavy atom. The molecule has 1 aromatic carbocycles. The summed E-state index contributed by atoms with van der Waals surface area (Å²) in [7, 11) is 0. The third-order valence-electron chi connectivity index (χ3n) is 2.70. The molecule has 0 spiro atoms. The van der Waals surface area contributed by atoms with Gasteiger partial charge in [-0.1, -0.05) is 12.1 Å². The SMILES string of the molecule is N#Cc1ccc(C(O)Cc2ccnc(N)c2)cc1. The first-order chi connectivity index (χ1) is 8.69. The first kappa shape index (κ1) is 12.1. The molecule has 1 atom stereocenters. The number of nitrogens with zero attached hydrogens (tertiary/aromatic N) is 2. The van der Waals surface area contributed by atoms with E-state index >= 15 is 0 Å². The Morgan fingerprint density at radius 3 is 2.61 bits per heavy atom. The van der Waals surface area contributed by atoms with Crippen molar-refractivity contribution in [1.29, 1.82) is 5.26 Å². The summed E-state index contributed by atoms with van der Waals surface area (Å²) in [5.41, 5.74) is 7.88. The van der Waals surface area contributed by atoms with Crippen molar-refractivity contribution < 1.29 is 5.11 Å². The summed E-state index contributed by atoms with van der Waals surface area (Å²) in [6, 6.07) is 12.5. The Morgan fingerprint density at radius 2 is 2.00 bits per heavy atom. The second kappa shape index (κ2) is 5.30. The van der Waals surface area contributed by atoms with E-state index in [0.717, 1.165) is 11.1 Å². The van der Waals surface area contributed by atoms with Crippen LogP contribution in [-0.4, -0.2) is 10.1 Å². The van der Waals surface area contributed by atoms with E-state index in [1.54, 1.807) is 36.5 Å². The highest BCUT2D eigenvalue weighted by molar-refractivity contribution is 5.35. The fraction of sp³-hybridized carbons (Fsp3) is 0.143. The van der Waals surface area contributed by atoms with Crippen LogP contribution in [0.2, 0.25) is 0 Å². The van der Waals surface area contributed by atoms with Gasteiger partial charge < -0.3 is 10.8 Å². The second-order valence-electron chi connectivity index (χ2n) is 4.04. The van der Waals surface area contributed by atoms with E-state index in [2.05, 4.69) is 4.98 Å². The highest BCUT2D eigenvalue weighted by Gasteiger charge is 2.08. The average Bonchev–Trinajstić information content (AvgIpc) is 2.39. The van der Waals surface area contributed by atoms with Crippen molar-refractivity contribution in [3.63, 3.8) is 0 Å². The molecule has 0 bridgehead atoms. The van der Waals surface area contributed by atoms with Gasteiger partial charge in [0.2, 0.25) is 0 Å². The number of rotatable bonds is 3. The normalized spacial score (nSPS) is 11.8. The first-order valence-electron chi connectivity index (χ1n) is 5.57. The largest absolute Gasteiger partial charge is 0.388 e. The molecule has 4 heteroatoms. The highest BCUT2D eigenvalue weighted by atomic mass is 16.3. The molecule has 1 unspecified atom stereocenters. The number of anilines is 1. The number of benzene rings is 1. The minimum absolute atomic E-state index is 0.444. The maximum absolute atomic E-state index is 10.1. The second-order valence-corrected chi connectivity index (χ2v) is 4.04. The zero-order chi connectivity index (χ0) is 13.0. The van der Waals surface area contributed by atoms with Crippen LogP contribution in [-0.2, 0) is 6.42 Å².